The maximum atomic E-state index is 11.9. The van der Waals surface area contributed by atoms with Gasteiger partial charge in [0.15, 0.2) is 6.61 Å². The SMILES string of the molecule is O=C(COc1cccc(NC(=O)C2CC2)c1)NCCC1=CCCCC1. The summed E-state index contributed by atoms with van der Waals surface area (Å²) >= 11 is 0. The van der Waals surface area contributed by atoms with Crippen LogP contribution >= 0.6 is 0 Å². The summed E-state index contributed by atoms with van der Waals surface area (Å²) in [4.78, 5) is 23.7. The van der Waals surface area contributed by atoms with Crippen molar-refractivity contribution in [2.75, 3.05) is 18.5 Å². The van der Waals surface area contributed by atoms with Crippen molar-refractivity contribution in [3.05, 3.63) is 35.9 Å². The Balaban J connectivity index is 1.37. The summed E-state index contributed by atoms with van der Waals surface area (Å²) in [5.41, 5.74) is 2.16. The minimum Gasteiger partial charge on any atom is -0.484 e. The van der Waals surface area contributed by atoms with Crippen LogP contribution in [0.1, 0.15) is 44.9 Å². The van der Waals surface area contributed by atoms with E-state index in [2.05, 4.69) is 16.7 Å². The highest BCUT2D eigenvalue weighted by molar-refractivity contribution is 5.94. The lowest BCUT2D eigenvalue weighted by Gasteiger charge is -2.13. The molecule has 0 saturated heterocycles. The molecule has 1 aromatic rings. The average molecular weight is 342 g/mol. The van der Waals surface area contributed by atoms with Crippen LogP contribution in [0.3, 0.4) is 0 Å². The summed E-state index contributed by atoms with van der Waals surface area (Å²) in [6.07, 6.45) is 10.0. The first kappa shape index (κ1) is 17.5. The lowest BCUT2D eigenvalue weighted by molar-refractivity contribution is -0.123. The highest BCUT2D eigenvalue weighted by Gasteiger charge is 2.29. The first-order valence-electron chi connectivity index (χ1n) is 9.19. The standard InChI is InChI=1S/C20H26N2O3/c23-19(21-12-11-15-5-2-1-3-6-15)14-25-18-8-4-7-17(13-18)22-20(24)16-9-10-16/h4-5,7-8,13,16H,1-3,6,9-12,14H2,(H,21,23)(H,22,24). The zero-order valence-corrected chi connectivity index (χ0v) is 14.6. The highest BCUT2D eigenvalue weighted by Crippen LogP contribution is 2.30. The molecule has 3 rings (SSSR count). The number of benzene rings is 1. The lowest BCUT2D eigenvalue weighted by Crippen LogP contribution is -2.30. The van der Waals surface area contributed by atoms with Gasteiger partial charge in [-0.2, -0.15) is 0 Å². The Labute approximate surface area is 148 Å². The molecular formula is C20H26N2O3. The van der Waals surface area contributed by atoms with Crippen LogP contribution in [0.2, 0.25) is 0 Å². The van der Waals surface area contributed by atoms with E-state index in [1.165, 1.54) is 24.8 Å². The molecule has 0 radical (unpaired) electrons. The molecule has 134 valence electrons. The van der Waals surface area contributed by atoms with Crippen molar-refractivity contribution in [2.24, 2.45) is 5.92 Å². The van der Waals surface area contributed by atoms with Crippen molar-refractivity contribution < 1.29 is 14.3 Å². The summed E-state index contributed by atoms with van der Waals surface area (Å²) in [6, 6.07) is 7.17. The third kappa shape index (κ3) is 5.93. The smallest absolute Gasteiger partial charge is 0.257 e. The van der Waals surface area contributed by atoms with Gasteiger partial charge in [0.25, 0.3) is 5.91 Å². The summed E-state index contributed by atoms with van der Waals surface area (Å²) in [5.74, 6) is 0.684. The Bertz CT molecular complexity index is 650. The molecule has 5 heteroatoms. The van der Waals surface area contributed by atoms with Crippen LogP contribution < -0.4 is 15.4 Å². The van der Waals surface area contributed by atoms with Crippen molar-refractivity contribution in [1.82, 2.24) is 5.32 Å². The Hall–Kier alpha value is -2.30. The number of rotatable bonds is 8. The lowest BCUT2D eigenvalue weighted by atomic mass is 9.97. The molecule has 5 nitrogen and oxygen atoms in total. The Morgan fingerprint density at radius 2 is 2.08 bits per heavy atom. The second kappa shape index (κ2) is 8.70. The van der Waals surface area contributed by atoms with Crippen LogP contribution in [-0.2, 0) is 9.59 Å². The van der Waals surface area contributed by atoms with Gasteiger partial charge in [0.05, 0.1) is 0 Å². The van der Waals surface area contributed by atoms with Crippen LogP contribution in [0, 0.1) is 5.92 Å². The first-order chi connectivity index (χ1) is 12.2. The van der Waals surface area contributed by atoms with Gasteiger partial charge in [0, 0.05) is 24.2 Å². The van der Waals surface area contributed by atoms with Crippen molar-refractivity contribution >= 4 is 17.5 Å². The van der Waals surface area contributed by atoms with Gasteiger partial charge in [-0.3, -0.25) is 9.59 Å². The Kier molecular flexibility index (Phi) is 6.09. The van der Waals surface area contributed by atoms with Crippen LogP contribution in [0.15, 0.2) is 35.9 Å². The van der Waals surface area contributed by atoms with Crippen molar-refractivity contribution in [3.8, 4) is 5.75 Å². The Morgan fingerprint density at radius 3 is 2.84 bits per heavy atom. The Morgan fingerprint density at radius 1 is 1.20 bits per heavy atom. The van der Waals surface area contributed by atoms with Crippen LogP contribution in [0.5, 0.6) is 5.75 Å². The molecule has 0 heterocycles. The highest BCUT2D eigenvalue weighted by atomic mass is 16.5. The molecule has 1 fully saturated rings. The number of allylic oxidation sites excluding steroid dienone is 1. The van der Waals surface area contributed by atoms with Crippen molar-refractivity contribution in [3.63, 3.8) is 0 Å². The maximum absolute atomic E-state index is 11.9. The molecule has 0 aromatic heterocycles. The monoisotopic (exact) mass is 342 g/mol. The van der Waals surface area contributed by atoms with E-state index >= 15 is 0 Å². The molecule has 0 bridgehead atoms. The molecule has 25 heavy (non-hydrogen) atoms. The first-order valence-corrected chi connectivity index (χ1v) is 9.19. The van der Waals surface area contributed by atoms with Crippen LogP contribution in [-0.4, -0.2) is 25.0 Å². The molecular weight excluding hydrogens is 316 g/mol. The normalized spacial score (nSPS) is 16.7. The zero-order chi connectivity index (χ0) is 17.5. The van der Waals surface area contributed by atoms with E-state index < -0.39 is 0 Å². The number of hydrogen-bond acceptors (Lipinski definition) is 3. The molecule has 0 spiro atoms. The molecule has 1 aromatic carbocycles. The van der Waals surface area contributed by atoms with E-state index in [1.807, 2.05) is 12.1 Å². The van der Waals surface area contributed by atoms with E-state index in [0.717, 1.165) is 25.7 Å². The molecule has 2 aliphatic rings. The van der Waals surface area contributed by atoms with Gasteiger partial charge in [-0.15, -0.1) is 0 Å². The quantitative estimate of drug-likeness (QED) is 0.711. The van der Waals surface area contributed by atoms with Crippen LogP contribution in [0.4, 0.5) is 5.69 Å². The van der Waals surface area contributed by atoms with Crippen LogP contribution in [0.25, 0.3) is 0 Å². The van der Waals surface area contributed by atoms with Gasteiger partial charge in [-0.25, -0.2) is 0 Å². The van der Waals surface area contributed by atoms with Crippen molar-refractivity contribution in [2.45, 2.75) is 44.9 Å². The molecule has 2 aliphatic carbocycles. The minimum absolute atomic E-state index is 0.0148. The molecule has 0 unspecified atom stereocenters. The van der Waals surface area contributed by atoms with E-state index in [9.17, 15) is 9.59 Å². The van der Waals surface area contributed by atoms with Gasteiger partial charge in [-0.05, 0) is 57.1 Å². The third-order valence-electron chi connectivity index (χ3n) is 4.57. The molecule has 1 saturated carbocycles. The second-order valence-corrected chi connectivity index (χ2v) is 6.79. The van der Waals surface area contributed by atoms with Gasteiger partial charge in [0.1, 0.15) is 5.75 Å². The summed E-state index contributed by atoms with van der Waals surface area (Å²) in [5, 5.41) is 5.77. The van der Waals surface area contributed by atoms with E-state index in [-0.39, 0.29) is 24.3 Å². The number of ether oxygens (including phenoxy) is 1. The molecule has 0 atom stereocenters. The van der Waals surface area contributed by atoms with E-state index in [1.54, 1.807) is 12.1 Å². The fraction of sp³-hybridized carbons (Fsp3) is 0.500. The van der Waals surface area contributed by atoms with E-state index in [0.29, 0.717) is 18.0 Å². The zero-order valence-electron chi connectivity index (χ0n) is 14.6. The number of anilines is 1. The number of carbonyl (C=O) groups is 2. The summed E-state index contributed by atoms with van der Waals surface area (Å²) in [7, 11) is 0. The van der Waals surface area contributed by atoms with Gasteiger partial charge in [0.2, 0.25) is 5.91 Å². The molecule has 0 aliphatic heterocycles. The number of amides is 2. The fourth-order valence-electron chi connectivity index (χ4n) is 2.95. The van der Waals surface area contributed by atoms with E-state index in [4.69, 9.17) is 4.74 Å². The largest absolute Gasteiger partial charge is 0.484 e. The maximum Gasteiger partial charge on any atom is 0.257 e. The van der Waals surface area contributed by atoms with Gasteiger partial charge in [-0.1, -0.05) is 17.7 Å². The van der Waals surface area contributed by atoms with Gasteiger partial charge < -0.3 is 15.4 Å². The second-order valence-electron chi connectivity index (χ2n) is 6.79. The number of hydrogen-bond donors (Lipinski definition) is 2. The molecule has 2 amide bonds. The van der Waals surface area contributed by atoms with Gasteiger partial charge >= 0.3 is 0 Å². The predicted molar refractivity (Wildman–Crippen MR) is 97.5 cm³/mol. The summed E-state index contributed by atoms with van der Waals surface area (Å²) in [6.45, 7) is 0.643. The summed E-state index contributed by atoms with van der Waals surface area (Å²) < 4.78 is 5.53. The average Bonchev–Trinajstić information content (AvgIpc) is 3.46. The van der Waals surface area contributed by atoms with Crippen molar-refractivity contribution in [1.29, 1.82) is 0 Å². The number of carbonyl (C=O) groups excluding carboxylic acids is 2. The fourth-order valence-corrected chi connectivity index (χ4v) is 2.95. The minimum atomic E-state index is -0.121. The third-order valence-corrected chi connectivity index (χ3v) is 4.57. The predicted octanol–water partition coefficient (Wildman–Crippen LogP) is 3.42. The number of nitrogens with one attached hydrogen (secondary N) is 2. The molecule has 2 N–H and O–H groups in total. The topological polar surface area (TPSA) is 67.4 Å².